The second-order valence-electron chi connectivity index (χ2n) is 3.42. The molecule has 0 aliphatic carbocycles. The van der Waals surface area contributed by atoms with Crippen LogP contribution in [0.2, 0.25) is 0 Å². The van der Waals surface area contributed by atoms with E-state index in [4.69, 9.17) is 10.4 Å². The Labute approximate surface area is 109 Å². The summed E-state index contributed by atoms with van der Waals surface area (Å²) in [5.74, 6) is -1.73. The number of carboxylic acid groups (broad SMARTS) is 1. The Kier molecular flexibility index (Phi) is 5.11. The van der Waals surface area contributed by atoms with E-state index in [9.17, 15) is 9.59 Å². The van der Waals surface area contributed by atoms with Gasteiger partial charge in [0.05, 0.1) is 12.2 Å². The number of benzene rings is 1. The SMILES string of the molecule is CCOC(=O)C(C#N)=CNc1ccc(C(=O)O)cc1. The molecule has 19 heavy (non-hydrogen) atoms. The molecule has 1 aromatic rings. The highest BCUT2D eigenvalue weighted by atomic mass is 16.5. The van der Waals surface area contributed by atoms with Crippen LogP contribution in [0.4, 0.5) is 5.69 Å². The van der Waals surface area contributed by atoms with Gasteiger partial charge in [0.15, 0.2) is 5.57 Å². The largest absolute Gasteiger partial charge is 0.478 e. The number of esters is 1. The van der Waals surface area contributed by atoms with Crippen LogP contribution in [0.15, 0.2) is 36.0 Å². The molecule has 1 aromatic carbocycles. The summed E-state index contributed by atoms with van der Waals surface area (Å²) in [5.41, 5.74) is 0.548. The van der Waals surface area contributed by atoms with E-state index >= 15 is 0 Å². The lowest BCUT2D eigenvalue weighted by Gasteiger charge is -2.03. The molecule has 1 rings (SSSR count). The minimum absolute atomic E-state index is 0.153. The number of rotatable bonds is 5. The standard InChI is InChI=1S/C13H12N2O4/c1-2-19-13(18)10(7-14)8-15-11-5-3-9(4-6-11)12(16)17/h3-6,8,15H,2H2,1H3,(H,16,17). The van der Waals surface area contributed by atoms with E-state index < -0.39 is 11.9 Å². The number of ether oxygens (including phenoxy) is 1. The maximum Gasteiger partial charge on any atom is 0.350 e. The Balaban J connectivity index is 2.76. The van der Waals surface area contributed by atoms with Crippen LogP contribution in [0.1, 0.15) is 17.3 Å². The number of nitriles is 1. The average molecular weight is 260 g/mol. The Bertz CT molecular complexity index is 541. The number of aromatic carboxylic acids is 1. The first-order chi connectivity index (χ1) is 9.08. The first-order valence-electron chi connectivity index (χ1n) is 5.45. The first kappa shape index (κ1) is 14.3. The highest BCUT2D eigenvalue weighted by Gasteiger charge is 2.09. The fourth-order valence-electron chi connectivity index (χ4n) is 1.21. The molecule has 0 heterocycles. The zero-order valence-electron chi connectivity index (χ0n) is 10.2. The molecular formula is C13H12N2O4. The van der Waals surface area contributed by atoms with E-state index in [-0.39, 0.29) is 17.7 Å². The summed E-state index contributed by atoms with van der Waals surface area (Å²) in [5, 5.41) is 20.2. The summed E-state index contributed by atoms with van der Waals surface area (Å²) >= 11 is 0. The quantitative estimate of drug-likeness (QED) is 0.475. The van der Waals surface area contributed by atoms with Gasteiger partial charge in [0.25, 0.3) is 0 Å². The molecule has 0 amide bonds. The summed E-state index contributed by atoms with van der Waals surface area (Å²) < 4.78 is 4.69. The Morgan fingerprint density at radius 2 is 2.05 bits per heavy atom. The van der Waals surface area contributed by atoms with Crippen LogP contribution in [0.25, 0.3) is 0 Å². The van der Waals surface area contributed by atoms with Crippen LogP contribution in [0.5, 0.6) is 0 Å². The lowest BCUT2D eigenvalue weighted by molar-refractivity contribution is -0.138. The zero-order chi connectivity index (χ0) is 14.3. The van der Waals surface area contributed by atoms with Crippen LogP contribution < -0.4 is 5.32 Å². The summed E-state index contributed by atoms with van der Waals surface area (Å²) in [7, 11) is 0. The summed E-state index contributed by atoms with van der Waals surface area (Å²) in [6.07, 6.45) is 1.22. The lowest BCUT2D eigenvalue weighted by Crippen LogP contribution is -2.07. The lowest BCUT2D eigenvalue weighted by atomic mass is 10.2. The van der Waals surface area contributed by atoms with Gasteiger partial charge in [0.2, 0.25) is 0 Å². The Morgan fingerprint density at radius 3 is 2.53 bits per heavy atom. The molecule has 0 fully saturated rings. The van der Waals surface area contributed by atoms with Crippen LogP contribution in [-0.4, -0.2) is 23.7 Å². The summed E-state index contributed by atoms with van der Waals surface area (Å²) in [6, 6.07) is 7.60. The summed E-state index contributed by atoms with van der Waals surface area (Å²) in [6.45, 7) is 1.83. The molecule has 2 N–H and O–H groups in total. The number of carbonyl (C=O) groups excluding carboxylic acids is 1. The van der Waals surface area contributed by atoms with Crippen molar-refractivity contribution in [1.29, 1.82) is 5.26 Å². The number of hydrogen-bond acceptors (Lipinski definition) is 5. The first-order valence-corrected chi connectivity index (χ1v) is 5.45. The molecule has 0 saturated carbocycles. The normalized spacial score (nSPS) is 10.4. The van der Waals surface area contributed by atoms with Gasteiger partial charge in [-0.2, -0.15) is 5.26 Å². The average Bonchev–Trinajstić information content (AvgIpc) is 2.40. The van der Waals surface area contributed by atoms with Gasteiger partial charge < -0.3 is 15.2 Å². The molecular weight excluding hydrogens is 248 g/mol. The predicted octanol–water partition coefficient (Wildman–Crippen LogP) is 1.77. The summed E-state index contributed by atoms with van der Waals surface area (Å²) in [4.78, 5) is 22.0. The highest BCUT2D eigenvalue weighted by Crippen LogP contribution is 2.10. The molecule has 0 bridgehead atoms. The van der Waals surface area contributed by atoms with E-state index in [1.165, 1.54) is 30.5 Å². The minimum atomic E-state index is -1.02. The number of carboxylic acids is 1. The fourth-order valence-corrected chi connectivity index (χ4v) is 1.21. The van der Waals surface area contributed by atoms with Gasteiger partial charge >= 0.3 is 11.9 Å². The number of nitrogens with one attached hydrogen (secondary N) is 1. The van der Waals surface area contributed by atoms with Gasteiger partial charge in [-0.3, -0.25) is 0 Å². The molecule has 0 aromatic heterocycles. The maximum atomic E-state index is 11.3. The van der Waals surface area contributed by atoms with Crippen molar-refractivity contribution in [2.45, 2.75) is 6.92 Å². The number of hydrogen-bond donors (Lipinski definition) is 2. The third-order valence-electron chi connectivity index (χ3n) is 2.13. The van der Waals surface area contributed by atoms with Crippen LogP contribution in [0.3, 0.4) is 0 Å². The van der Waals surface area contributed by atoms with Crippen LogP contribution in [0, 0.1) is 11.3 Å². The van der Waals surface area contributed by atoms with Crippen molar-refractivity contribution in [3.8, 4) is 6.07 Å². The van der Waals surface area contributed by atoms with Crippen molar-refractivity contribution in [3.63, 3.8) is 0 Å². The van der Waals surface area contributed by atoms with Gasteiger partial charge in [-0.25, -0.2) is 9.59 Å². The van der Waals surface area contributed by atoms with Gasteiger partial charge in [0.1, 0.15) is 6.07 Å². The predicted molar refractivity (Wildman–Crippen MR) is 67.4 cm³/mol. The topological polar surface area (TPSA) is 99.4 Å². The van der Waals surface area contributed by atoms with E-state index in [2.05, 4.69) is 10.1 Å². The molecule has 0 spiro atoms. The van der Waals surface area contributed by atoms with Crippen molar-refractivity contribution < 1.29 is 19.4 Å². The van der Waals surface area contributed by atoms with Crippen molar-refractivity contribution in [1.82, 2.24) is 0 Å². The van der Waals surface area contributed by atoms with Crippen molar-refractivity contribution in [2.75, 3.05) is 11.9 Å². The molecule has 0 aliphatic rings. The van der Waals surface area contributed by atoms with Crippen molar-refractivity contribution >= 4 is 17.6 Å². The van der Waals surface area contributed by atoms with E-state index in [0.717, 1.165) is 0 Å². The van der Waals surface area contributed by atoms with Crippen molar-refractivity contribution in [3.05, 3.63) is 41.6 Å². The van der Waals surface area contributed by atoms with Crippen LogP contribution >= 0.6 is 0 Å². The third-order valence-corrected chi connectivity index (χ3v) is 2.13. The van der Waals surface area contributed by atoms with E-state index in [1.807, 2.05) is 0 Å². The monoisotopic (exact) mass is 260 g/mol. The Hall–Kier alpha value is -2.81. The number of anilines is 1. The van der Waals surface area contributed by atoms with Gasteiger partial charge in [-0.05, 0) is 31.2 Å². The molecule has 0 aliphatic heterocycles. The molecule has 98 valence electrons. The molecule has 0 atom stereocenters. The molecule has 6 heteroatoms. The minimum Gasteiger partial charge on any atom is -0.478 e. The molecule has 6 nitrogen and oxygen atoms in total. The molecule has 0 saturated heterocycles. The number of nitrogens with zero attached hydrogens (tertiary/aromatic N) is 1. The molecule has 0 radical (unpaired) electrons. The maximum absolute atomic E-state index is 11.3. The van der Waals surface area contributed by atoms with Gasteiger partial charge in [-0.1, -0.05) is 0 Å². The smallest absolute Gasteiger partial charge is 0.350 e. The highest BCUT2D eigenvalue weighted by molar-refractivity contribution is 5.93. The van der Waals surface area contributed by atoms with Crippen LogP contribution in [-0.2, 0) is 9.53 Å². The molecule has 0 unspecified atom stereocenters. The van der Waals surface area contributed by atoms with E-state index in [1.54, 1.807) is 13.0 Å². The van der Waals surface area contributed by atoms with Crippen molar-refractivity contribution in [2.24, 2.45) is 0 Å². The van der Waals surface area contributed by atoms with Gasteiger partial charge in [0, 0.05) is 11.9 Å². The Morgan fingerprint density at radius 1 is 1.42 bits per heavy atom. The second kappa shape index (κ2) is 6.81. The van der Waals surface area contributed by atoms with E-state index in [0.29, 0.717) is 5.69 Å². The third kappa shape index (κ3) is 4.16. The van der Waals surface area contributed by atoms with Gasteiger partial charge in [-0.15, -0.1) is 0 Å². The fraction of sp³-hybridized carbons (Fsp3) is 0.154. The second-order valence-corrected chi connectivity index (χ2v) is 3.42. The number of carbonyl (C=O) groups is 2. The zero-order valence-corrected chi connectivity index (χ0v) is 10.2.